The predicted molar refractivity (Wildman–Crippen MR) is 135 cm³/mol. The maximum absolute atomic E-state index is 11.1. The first kappa shape index (κ1) is 23.5. The molecule has 0 bridgehead atoms. The summed E-state index contributed by atoms with van der Waals surface area (Å²) in [6, 6.07) is 18.0. The number of aliphatic hydroxyl groups is 1. The second-order valence-electron chi connectivity index (χ2n) is 10.2. The Labute approximate surface area is 195 Å². The highest BCUT2D eigenvalue weighted by Gasteiger charge is 2.33. The molecule has 2 aromatic rings. The normalized spacial score (nSPS) is 18.4. The lowest BCUT2D eigenvalue weighted by Crippen LogP contribution is -2.44. The Balaban J connectivity index is 1.45. The molecule has 2 fully saturated rings. The third-order valence-corrected chi connectivity index (χ3v) is 7.49. The first-order valence-corrected chi connectivity index (χ1v) is 12.9. The maximum Gasteiger partial charge on any atom is 0.0774 e. The van der Waals surface area contributed by atoms with Crippen LogP contribution in [0.3, 0.4) is 0 Å². The Morgan fingerprint density at radius 2 is 1.53 bits per heavy atom. The Hall–Kier alpha value is -1.68. The van der Waals surface area contributed by atoms with Crippen LogP contribution in [0.4, 0.5) is 0 Å². The molecule has 0 amide bonds. The van der Waals surface area contributed by atoms with Crippen molar-refractivity contribution in [2.45, 2.75) is 77.5 Å². The lowest BCUT2D eigenvalue weighted by atomic mass is 9.84. The summed E-state index contributed by atoms with van der Waals surface area (Å²) in [4.78, 5) is 5.01. The van der Waals surface area contributed by atoms with E-state index in [2.05, 4.69) is 72.2 Å². The monoisotopic (exact) mass is 434 g/mol. The van der Waals surface area contributed by atoms with Gasteiger partial charge in [-0.3, -0.25) is 9.80 Å². The summed E-state index contributed by atoms with van der Waals surface area (Å²) in [7, 11) is 0. The minimum absolute atomic E-state index is 0.476. The molecule has 2 saturated carbocycles. The van der Waals surface area contributed by atoms with Crippen LogP contribution >= 0.6 is 0 Å². The molecule has 0 atom stereocenters. The molecule has 4 rings (SSSR count). The van der Waals surface area contributed by atoms with Crippen LogP contribution < -0.4 is 0 Å². The largest absolute Gasteiger partial charge is 0.389 e. The Morgan fingerprint density at radius 3 is 2.19 bits per heavy atom. The van der Waals surface area contributed by atoms with E-state index in [1.54, 1.807) is 0 Å². The van der Waals surface area contributed by atoms with E-state index >= 15 is 0 Å². The third kappa shape index (κ3) is 6.43. The number of hydrogen-bond acceptors (Lipinski definition) is 3. The number of rotatable bonds is 11. The van der Waals surface area contributed by atoms with Crippen LogP contribution in [0.2, 0.25) is 0 Å². The van der Waals surface area contributed by atoms with Gasteiger partial charge >= 0.3 is 0 Å². The first-order valence-electron chi connectivity index (χ1n) is 12.9. The highest BCUT2D eigenvalue weighted by Crippen LogP contribution is 2.34. The first-order chi connectivity index (χ1) is 15.6. The minimum Gasteiger partial charge on any atom is -0.389 e. The SMILES string of the molecule is CCN(CC)Cc1ccccc1-c1ccc(CN(CC2CC2)CC2(O)CCCCC2)cc1. The second-order valence-corrected chi connectivity index (χ2v) is 10.2. The smallest absolute Gasteiger partial charge is 0.0774 e. The third-order valence-electron chi connectivity index (χ3n) is 7.49. The van der Waals surface area contributed by atoms with Gasteiger partial charge in [0.15, 0.2) is 0 Å². The van der Waals surface area contributed by atoms with Gasteiger partial charge in [-0.05, 0) is 66.9 Å². The van der Waals surface area contributed by atoms with Crippen LogP contribution in [-0.4, -0.2) is 46.7 Å². The van der Waals surface area contributed by atoms with Gasteiger partial charge in [-0.15, -0.1) is 0 Å². The van der Waals surface area contributed by atoms with Crippen molar-refractivity contribution in [1.82, 2.24) is 9.80 Å². The van der Waals surface area contributed by atoms with E-state index in [4.69, 9.17) is 0 Å². The van der Waals surface area contributed by atoms with Gasteiger partial charge in [0.1, 0.15) is 0 Å². The zero-order valence-corrected chi connectivity index (χ0v) is 20.2. The molecular weight excluding hydrogens is 392 g/mol. The average molecular weight is 435 g/mol. The van der Waals surface area contributed by atoms with E-state index in [1.165, 1.54) is 54.4 Å². The summed E-state index contributed by atoms with van der Waals surface area (Å²) in [5, 5.41) is 11.1. The van der Waals surface area contributed by atoms with E-state index in [9.17, 15) is 5.11 Å². The predicted octanol–water partition coefficient (Wildman–Crippen LogP) is 6.10. The second kappa shape index (κ2) is 11.0. The number of nitrogens with zero attached hydrogens (tertiary/aromatic N) is 2. The summed E-state index contributed by atoms with van der Waals surface area (Å²) in [6.07, 6.45) is 8.29. The van der Waals surface area contributed by atoms with Gasteiger partial charge in [0.05, 0.1) is 5.60 Å². The molecule has 2 aliphatic carbocycles. The van der Waals surface area contributed by atoms with Crippen molar-refractivity contribution in [2.75, 3.05) is 26.2 Å². The number of hydrogen-bond donors (Lipinski definition) is 1. The van der Waals surface area contributed by atoms with Crippen LogP contribution in [0, 0.1) is 5.92 Å². The summed E-state index contributed by atoms with van der Waals surface area (Å²) in [5.41, 5.74) is 4.93. The molecule has 0 radical (unpaired) electrons. The van der Waals surface area contributed by atoms with Gasteiger partial charge in [-0.1, -0.05) is 81.6 Å². The topological polar surface area (TPSA) is 26.7 Å². The molecule has 0 unspecified atom stereocenters. The molecule has 174 valence electrons. The van der Waals surface area contributed by atoms with Crippen LogP contribution in [0.5, 0.6) is 0 Å². The molecule has 1 N–H and O–H groups in total. The molecule has 0 aromatic heterocycles. The van der Waals surface area contributed by atoms with Gasteiger partial charge in [-0.2, -0.15) is 0 Å². The van der Waals surface area contributed by atoms with Crippen molar-refractivity contribution in [2.24, 2.45) is 5.92 Å². The van der Waals surface area contributed by atoms with Crippen LogP contribution in [0.1, 0.15) is 69.9 Å². The Morgan fingerprint density at radius 1 is 0.844 bits per heavy atom. The standard InChI is InChI=1S/C29H42N2O/c1-3-30(4-2)22-27-10-6-7-11-28(27)26-16-14-25(15-17-26)21-31(20-24-12-13-24)23-29(32)18-8-5-9-19-29/h6-7,10-11,14-17,24,32H,3-5,8-9,12-13,18-23H2,1-2H3. The minimum atomic E-state index is -0.476. The average Bonchev–Trinajstić information content (AvgIpc) is 3.62. The summed E-state index contributed by atoms with van der Waals surface area (Å²) >= 11 is 0. The molecule has 0 aliphatic heterocycles. The highest BCUT2D eigenvalue weighted by molar-refractivity contribution is 5.67. The van der Waals surface area contributed by atoms with Crippen molar-refractivity contribution >= 4 is 0 Å². The van der Waals surface area contributed by atoms with Crippen LogP contribution in [-0.2, 0) is 13.1 Å². The van der Waals surface area contributed by atoms with Gasteiger partial charge in [-0.25, -0.2) is 0 Å². The van der Waals surface area contributed by atoms with E-state index in [0.29, 0.717) is 0 Å². The Kier molecular flexibility index (Phi) is 8.04. The lowest BCUT2D eigenvalue weighted by Gasteiger charge is -2.37. The van der Waals surface area contributed by atoms with Crippen LogP contribution in [0.15, 0.2) is 48.5 Å². The van der Waals surface area contributed by atoms with Crippen molar-refractivity contribution in [1.29, 1.82) is 0 Å². The zero-order valence-electron chi connectivity index (χ0n) is 20.2. The summed E-state index contributed by atoms with van der Waals surface area (Å²) in [5.74, 6) is 0.841. The fourth-order valence-electron chi connectivity index (χ4n) is 5.31. The van der Waals surface area contributed by atoms with E-state index in [0.717, 1.165) is 58.0 Å². The van der Waals surface area contributed by atoms with Gasteiger partial charge < -0.3 is 5.11 Å². The van der Waals surface area contributed by atoms with Crippen molar-refractivity contribution < 1.29 is 5.11 Å². The summed E-state index contributed by atoms with van der Waals surface area (Å²) < 4.78 is 0. The fourth-order valence-corrected chi connectivity index (χ4v) is 5.31. The highest BCUT2D eigenvalue weighted by atomic mass is 16.3. The molecule has 2 aliphatic rings. The van der Waals surface area contributed by atoms with Crippen molar-refractivity contribution in [3.05, 3.63) is 59.7 Å². The quantitative estimate of drug-likeness (QED) is 0.463. The van der Waals surface area contributed by atoms with Gasteiger partial charge in [0, 0.05) is 26.2 Å². The van der Waals surface area contributed by atoms with Gasteiger partial charge in [0.25, 0.3) is 0 Å². The molecular formula is C29H42N2O. The van der Waals surface area contributed by atoms with E-state index in [-0.39, 0.29) is 0 Å². The molecule has 2 aromatic carbocycles. The van der Waals surface area contributed by atoms with Crippen LogP contribution in [0.25, 0.3) is 11.1 Å². The molecule has 0 spiro atoms. The van der Waals surface area contributed by atoms with E-state index < -0.39 is 5.60 Å². The molecule has 3 nitrogen and oxygen atoms in total. The number of benzene rings is 2. The molecule has 3 heteroatoms. The van der Waals surface area contributed by atoms with Gasteiger partial charge in [0.2, 0.25) is 0 Å². The summed E-state index contributed by atoms with van der Waals surface area (Å²) in [6.45, 7) is 10.5. The lowest BCUT2D eigenvalue weighted by molar-refractivity contribution is -0.0290. The molecule has 0 heterocycles. The maximum atomic E-state index is 11.1. The van der Waals surface area contributed by atoms with E-state index in [1.807, 2.05) is 0 Å². The molecule has 32 heavy (non-hydrogen) atoms. The zero-order chi connectivity index (χ0) is 22.4. The van der Waals surface area contributed by atoms with Crippen molar-refractivity contribution in [3.63, 3.8) is 0 Å². The fraction of sp³-hybridized carbons (Fsp3) is 0.586. The van der Waals surface area contributed by atoms with Crippen molar-refractivity contribution in [3.8, 4) is 11.1 Å². The molecule has 0 saturated heterocycles. The Bertz CT molecular complexity index is 832.